The third-order valence-electron chi connectivity index (χ3n) is 3.12. The molecule has 0 saturated heterocycles. The van der Waals surface area contributed by atoms with E-state index in [2.05, 4.69) is 71.7 Å². The zero-order valence-electron chi connectivity index (χ0n) is 13.0. The van der Waals surface area contributed by atoms with Gasteiger partial charge >= 0.3 is 0 Å². The molecule has 1 rings (SSSR count). The van der Waals surface area contributed by atoms with Gasteiger partial charge in [0.15, 0.2) is 0 Å². The lowest BCUT2D eigenvalue weighted by Crippen LogP contribution is -2.44. The second-order valence-electron chi connectivity index (χ2n) is 7.10. The van der Waals surface area contributed by atoms with Gasteiger partial charge in [0.05, 0.1) is 0 Å². The van der Waals surface area contributed by atoms with Crippen molar-refractivity contribution in [1.82, 2.24) is 0 Å². The molecule has 102 valence electrons. The second-order valence-corrected chi connectivity index (χ2v) is 7.10. The van der Waals surface area contributed by atoms with Crippen LogP contribution in [-0.2, 0) is 5.41 Å². The van der Waals surface area contributed by atoms with Crippen LogP contribution in [0.2, 0.25) is 0 Å². The van der Waals surface area contributed by atoms with Gasteiger partial charge in [-0.1, -0.05) is 32.9 Å². The zero-order valence-corrected chi connectivity index (χ0v) is 13.0. The third-order valence-corrected chi connectivity index (χ3v) is 3.12. The summed E-state index contributed by atoms with van der Waals surface area (Å²) in [7, 11) is 2.10. The molecule has 0 radical (unpaired) electrons. The topological polar surface area (TPSA) is 29.3 Å². The van der Waals surface area contributed by atoms with Crippen molar-refractivity contribution >= 4 is 5.69 Å². The Kier molecular flexibility index (Phi) is 4.12. The van der Waals surface area contributed by atoms with Gasteiger partial charge in [-0.05, 0) is 43.4 Å². The standard InChI is InChI=1S/C16H28N2/c1-12-10-13(15(2,3)4)8-9-14(12)18(7)11-16(5,6)17/h8-10H,11,17H2,1-7H3. The van der Waals surface area contributed by atoms with Crippen molar-refractivity contribution in [3.63, 3.8) is 0 Å². The van der Waals surface area contributed by atoms with Gasteiger partial charge in [0.1, 0.15) is 0 Å². The van der Waals surface area contributed by atoms with E-state index in [0.29, 0.717) is 0 Å². The molecule has 0 fully saturated rings. The fourth-order valence-corrected chi connectivity index (χ4v) is 2.25. The molecule has 0 heterocycles. The van der Waals surface area contributed by atoms with Gasteiger partial charge in [-0.3, -0.25) is 0 Å². The van der Waals surface area contributed by atoms with Gasteiger partial charge in [0, 0.05) is 24.8 Å². The van der Waals surface area contributed by atoms with E-state index >= 15 is 0 Å². The summed E-state index contributed by atoms with van der Waals surface area (Å²) >= 11 is 0. The van der Waals surface area contributed by atoms with Crippen LogP contribution < -0.4 is 10.6 Å². The van der Waals surface area contributed by atoms with E-state index in [0.717, 1.165) is 6.54 Å². The van der Waals surface area contributed by atoms with Crippen molar-refractivity contribution < 1.29 is 0 Å². The smallest absolute Gasteiger partial charge is 0.0394 e. The number of rotatable bonds is 3. The Bertz CT molecular complexity index is 408. The molecule has 0 saturated carbocycles. The highest BCUT2D eigenvalue weighted by atomic mass is 15.1. The van der Waals surface area contributed by atoms with E-state index in [1.807, 2.05) is 0 Å². The first-order chi connectivity index (χ1) is 8.00. The van der Waals surface area contributed by atoms with Gasteiger partial charge in [0.2, 0.25) is 0 Å². The Balaban J connectivity index is 2.99. The first-order valence-electron chi connectivity index (χ1n) is 6.62. The summed E-state index contributed by atoms with van der Waals surface area (Å²) in [6, 6.07) is 6.72. The molecule has 0 aromatic heterocycles. The number of nitrogens with two attached hydrogens (primary N) is 1. The number of hydrogen-bond donors (Lipinski definition) is 1. The van der Waals surface area contributed by atoms with Crippen molar-refractivity contribution in [1.29, 1.82) is 0 Å². The lowest BCUT2D eigenvalue weighted by atomic mass is 9.86. The Morgan fingerprint density at radius 2 is 1.67 bits per heavy atom. The summed E-state index contributed by atoms with van der Waals surface area (Å²) in [6.45, 7) is 13.9. The molecule has 2 nitrogen and oxygen atoms in total. The maximum absolute atomic E-state index is 6.08. The van der Waals surface area contributed by atoms with Crippen LogP contribution in [0, 0.1) is 6.92 Å². The van der Waals surface area contributed by atoms with Crippen molar-refractivity contribution in [2.24, 2.45) is 5.73 Å². The van der Waals surface area contributed by atoms with Gasteiger partial charge in [0.25, 0.3) is 0 Å². The number of anilines is 1. The summed E-state index contributed by atoms with van der Waals surface area (Å²) in [5.41, 5.74) is 10.1. The summed E-state index contributed by atoms with van der Waals surface area (Å²) in [4.78, 5) is 2.24. The van der Waals surface area contributed by atoms with Crippen LogP contribution in [0.25, 0.3) is 0 Å². The molecule has 0 atom stereocenters. The molecule has 0 unspecified atom stereocenters. The summed E-state index contributed by atoms with van der Waals surface area (Å²) < 4.78 is 0. The molecule has 1 aromatic rings. The number of nitrogens with zero attached hydrogens (tertiary/aromatic N) is 1. The Labute approximate surface area is 112 Å². The Morgan fingerprint density at radius 3 is 2.06 bits per heavy atom. The van der Waals surface area contributed by atoms with Crippen LogP contribution in [0.1, 0.15) is 45.7 Å². The number of aryl methyl sites for hydroxylation is 1. The van der Waals surface area contributed by atoms with Crippen LogP contribution in [0.3, 0.4) is 0 Å². The van der Waals surface area contributed by atoms with E-state index < -0.39 is 0 Å². The lowest BCUT2D eigenvalue weighted by Gasteiger charge is -2.30. The summed E-state index contributed by atoms with van der Waals surface area (Å²) in [6.07, 6.45) is 0. The number of hydrogen-bond acceptors (Lipinski definition) is 2. The highest BCUT2D eigenvalue weighted by Crippen LogP contribution is 2.28. The number of likely N-dealkylation sites (N-methyl/N-ethyl adjacent to an activating group) is 1. The largest absolute Gasteiger partial charge is 0.373 e. The highest BCUT2D eigenvalue weighted by molar-refractivity contribution is 5.55. The molecule has 0 spiro atoms. The molecule has 1 aromatic carbocycles. The molecule has 0 aliphatic heterocycles. The average Bonchev–Trinajstić information content (AvgIpc) is 2.12. The molecule has 2 heteroatoms. The van der Waals surface area contributed by atoms with Crippen LogP contribution in [0.15, 0.2) is 18.2 Å². The third kappa shape index (κ3) is 4.02. The minimum atomic E-state index is -0.177. The quantitative estimate of drug-likeness (QED) is 0.887. The second kappa shape index (κ2) is 4.93. The average molecular weight is 248 g/mol. The van der Waals surface area contributed by atoms with E-state index in [1.165, 1.54) is 16.8 Å². The molecule has 0 aliphatic carbocycles. The fourth-order valence-electron chi connectivity index (χ4n) is 2.25. The molecule has 18 heavy (non-hydrogen) atoms. The van der Waals surface area contributed by atoms with E-state index in [4.69, 9.17) is 5.73 Å². The van der Waals surface area contributed by atoms with Crippen molar-refractivity contribution in [2.75, 3.05) is 18.5 Å². The lowest BCUT2D eigenvalue weighted by molar-refractivity contribution is 0.518. The Hall–Kier alpha value is -1.02. The molecule has 0 aliphatic rings. The molecular weight excluding hydrogens is 220 g/mol. The van der Waals surface area contributed by atoms with Crippen LogP contribution in [0.5, 0.6) is 0 Å². The monoisotopic (exact) mass is 248 g/mol. The van der Waals surface area contributed by atoms with Crippen LogP contribution >= 0.6 is 0 Å². The fraction of sp³-hybridized carbons (Fsp3) is 0.625. The molecule has 2 N–H and O–H groups in total. The molecular formula is C16H28N2. The predicted molar refractivity (Wildman–Crippen MR) is 81.4 cm³/mol. The zero-order chi connectivity index (χ0) is 14.1. The first kappa shape index (κ1) is 15.0. The van der Waals surface area contributed by atoms with Crippen molar-refractivity contribution in [2.45, 2.75) is 52.5 Å². The minimum absolute atomic E-state index is 0.177. The van der Waals surface area contributed by atoms with Crippen molar-refractivity contribution in [3.05, 3.63) is 29.3 Å². The van der Waals surface area contributed by atoms with Gasteiger partial charge in [-0.2, -0.15) is 0 Å². The molecule has 0 bridgehead atoms. The van der Waals surface area contributed by atoms with E-state index in [-0.39, 0.29) is 11.0 Å². The van der Waals surface area contributed by atoms with Crippen LogP contribution in [-0.4, -0.2) is 19.1 Å². The van der Waals surface area contributed by atoms with Gasteiger partial charge < -0.3 is 10.6 Å². The summed E-state index contributed by atoms with van der Waals surface area (Å²) in [5.74, 6) is 0. The normalized spacial score (nSPS) is 12.7. The minimum Gasteiger partial charge on any atom is -0.373 e. The SMILES string of the molecule is Cc1cc(C(C)(C)C)ccc1N(C)CC(C)(C)N. The number of benzene rings is 1. The van der Waals surface area contributed by atoms with Crippen molar-refractivity contribution in [3.8, 4) is 0 Å². The van der Waals surface area contributed by atoms with E-state index in [1.54, 1.807) is 0 Å². The first-order valence-corrected chi connectivity index (χ1v) is 6.62. The van der Waals surface area contributed by atoms with Crippen LogP contribution in [0.4, 0.5) is 5.69 Å². The van der Waals surface area contributed by atoms with E-state index in [9.17, 15) is 0 Å². The Morgan fingerprint density at radius 1 is 1.11 bits per heavy atom. The molecule has 0 amide bonds. The van der Waals surface area contributed by atoms with Gasteiger partial charge in [-0.15, -0.1) is 0 Å². The maximum atomic E-state index is 6.08. The summed E-state index contributed by atoms with van der Waals surface area (Å²) in [5, 5.41) is 0. The highest BCUT2D eigenvalue weighted by Gasteiger charge is 2.18. The van der Waals surface area contributed by atoms with Gasteiger partial charge in [-0.25, -0.2) is 0 Å². The maximum Gasteiger partial charge on any atom is 0.0394 e. The predicted octanol–water partition coefficient (Wildman–Crippen LogP) is 3.47.